The number of nitrogens with one attached hydrogen (secondary N) is 2. The Bertz CT molecular complexity index is 1080. The maximum atomic E-state index is 12.4. The molecule has 0 atom stereocenters. The lowest BCUT2D eigenvalue weighted by atomic mass is 10.2. The van der Waals surface area contributed by atoms with Crippen LogP contribution in [-0.2, 0) is 19.1 Å². The van der Waals surface area contributed by atoms with Gasteiger partial charge in [0.2, 0.25) is 5.91 Å². The first-order chi connectivity index (χ1) is 17.3. The Balaban J connectivity index is 1.72. The number of amides is 2. The number of para-hydroxylation sites is 2. The van der Waals surface area contributed by atoms with Gasteiger partial charge in [-0.05, 0) is 90.3 Å². The summed E-state index contributed by atoms with van der Waals surface area (Å²) in [6.45, 7) is 11.3. The lowest BCUT2D eigenvalue weighted by molar-refractivity contribution is -0.148. The molecule has 0 heterocycles. The number of benzene rings is 2. The van der Waals surface area contributed by atoms with Crippen molar-refractivity contribution in [2.24, 2.45) is 0 Å². The van der Waals surface area contributed by atoms with Gasteiger partial charge in [0, 0.05) is 12.5 Å². The Morgan fingerprint density at radius 3 is 1.97 bits per heavy atom. The lowest BCUT2D eigenvalue weighted by Gasteiger charge is -2.20. The van der Waals surface area contributed by atoms with Crippen molar-refractivity contribution in [2.45, 2.75) is 72.0 Å². The molecule has 8 heteroatoms. The highest BCUT2D eigenvalue weighted by Gasteiger charge is 2.17. The molecule has 0 saturated carbocycles. The molecule has 0 aliphatic carbocycles. The number of hydrogen-bond acceptors (Lipinski definition) is 6. The van der Waals surface area contributed by atoms with E-state index < -0.39 is 17.3 Å². The molecule has 0 fully saturated rings. The molecule has 0 aromatic heterocycles. The molecule has 2 aromatic carbocycles. The van der Waals surface area contributed by atoms with E-state index in [0.29, 0.717) is 43.0 Å². The SMILES string of the molecule is CC(C)(C)OC(=O)C=Cc1ccc(OCCCCC(=O)Nc2ccccc2NC(=O)OC(C)(C)C)cc1. The second kappa shape index (κ2) is 13.5. The molecule has 200 valence electrons. The third-order valence-corrected chi connectivity index (χ3v) is 4.60. The van der Waals surface area contributed by atoms with E-state index in [1.54, 1.807) is 51.1 Å². The molecule has 8 nitrogen and oxygen atoms in total. The molecule has 0 aliphatic rings. The van der Waals surface area contributed by atoms with E-state index in [1.807, 2.05) is 45.0 Å². The summed E-state index contributed by atoms with van der Waals surface area (Å²) in [6, 6.07) is 14.3. The minimum Gasteiger partial charge on any atom is -0.494 e. The van der Waals surface area contributed by atoms with Crippen LogP contribution in [0.4, 0.5) is 16.2 Å². The predicted octanol–water partition coefficient (Wildman–Crippen LogP) is 6.58. The Morgan fingerprint density at radius 1 is 0.784 bits per heavy atom. The molecule has 0 saturated heterocycles. The number of carbonyl (C=O) groups excluding carboxylic acids is 3. The maximum absolute atomic E-state index is 12.4. The fourth-order valence-corrected chi connectivity index (χ4v) is 3.08. The van der Waals surface area contributed by atoms with Crippen LogP contribution in [0.25, 0.3) is 6.08 Å². The third kappa shape index (κ3) is 12.6. The standard InChI is InChI=1S/C29H38N2O6/c1-28(2,3)36-26(33)19-16-21-14-17-22(18-15-21)35-20-10-9-13-25(32)30-23-11-7-8-12-24(23)31-27(34)37-29(4,5)6/h7-8,11-12,14-19H,9-10,13,20H2,1-6H3,(H,30,32)(H,31,34). The minimum absolute atomic E-state index is 0.153. The van der Waals surface area contributed by atoms with Gasteiger partial charge in [0.1, 0.15) is 17.0 Å². The van der Waals surface area contributed by atoms with Gasteiger partial charge in [0.15, 0.2) is 0 Å². The molecule has 37 heavy (non-hydrogen) atoms. The first-order valence-electron chi connectivity index (χ1n) is 12.3. The van der Waals surface area contributed by atoms with E-state index in [1.165, 1.54) is 6.08 Å². The van der Waals surface area contributed by atoms with E-state index >= 15 is 0 Å². The molecule has 0 unspecified atom stereocenters. The van der Waals surface area contributed by atoms with Gasteiger partial charge in [0.05, 0.1) is 18.0 Å². The van der Waals surface area contributed by atoms with Crippen LogP contribution in [0.15, 0.2) is 54.6 Å². The Morgan fingerprint density at radius 2 is 1.38 bits per heavy atom. The van der Waals surface area contributed by atoms with Gasteiger partial charge in [-0.3, -0.25) is 10.1 Å². The van der Waals surface area contributed by atoms with Crippen molar-refractivity contribution < 1.29 is 28.6 Å². The van der Waals surface area contributed by atoms with Gasteiger partial charge in [-0.25, -0.2) is 9.59 Å². The van der Waals surface area contributed by atoms with Gasteiger partial charge in [-0.2, -0.15) is 0 Å². The van der Waals surface area contributed by atoms with E-state index in [2.05, 4.69) is 10.6 Å². The van der Waals surface area contributed by atoms with Crippen molar-refractivity contribution >= 4 is 35.4 Å². The summed E-state index contributed by atoms with van der Waals surface area (Å²) in [7, 11) is 0. The van der Waals surface area contributed by atoms with Crippen LogP contribution in [-0.4, -0.2) is 35.8 Å². The molecular weight excluding hydrogens is 472 g/mol. The lowest BCUT2D eigenvalue weighted by Crippen LogP contribution is -2.27. The fourth-order valence-electron chi connectivity index (χ4n) is 3.08. The Labute approximate surface area is 219 Å². The molecule has 0 spiro atoms. The largest absolute Gasteiger partial charge is 0.494 e. The number of anilines is 2. The predicted molar refractivity (Wildman–Crippen MR) is 146 cm³/mol. The summed E-state index contributed by atoms with van der Waals surface area (Å²) in [6.07, 6.45) is 4.17. The van der Waals surface area contributed by atoms with Crippen LogP contribution in [0.5, 0.6) is 5.75 Å². The highest BCUT2D eigenvalue weighted by atomic mass is 16.6. The monoisotopic (exact) mass is 510 g/mol. The average Bonchev–Trinajstić information content (AvgIpc) is 2.77. The van der Waals surface area contributed by atoms with Crippen molar-refractivity contribution in [3.8, 4) is 5.75 Å². The van der Waals surface area contributed by atoms with Gasteiger partial charge in [-0.15, -0.1) is 0 Å². The van der Waals surface area contributed by atoms with E-state index in [4.69, 9.17) is 14.2 Å². The molecule has 2 N–H and O–H groups in total. The van der Waals surface area contributed by atoms with Gasteiger partial charge < -0.3 is 19.5 Å². The van der Waals surface area contributed by atoms with Crippen molar-refractivity contribution in [1.29, 1.82) is 0 Å². The van der Waals surface area contributed by atoms with E-state index in [0.717, 1.165) is 5.56 Å². The number of hydrogen-bond donors (Lipinski definition) is 2. The highest BCUT2D eigenvalue weighted by molar-refractivity contribution is 5.97. The molecule has 0 aliphatic heterocycles. The van der Waals surface area contributed by atoms with Gasteiger partial charge in [-0.1, -0.05) is 24.3 Å². The number of esters is 1. The number of carbonyl (C=O) groups is 3. The maximum Gasteiger partial charge on any atom is 0.412 e. The smallest absolute Gasteiger partial charge is 0.412 e. The van der Waals surface area contributed by atoms with Crippen molar-refractivity contribution in [2.75, 3.05) is 17.2 Å². The summed E-state index contributed by atoms with van der Waals surface area (Å²) < 4.78 is 16.3. The molecule has 2 rings (SSSR count). The third-order valence-electron chi connectivity index (χ3n) is 4.60. The van der Waals surface area contributed by atoms with E-state index in [9.17, 15) is 14.4 Å². The first-order valence-corrected chi connectivity index (χ1v) is 12.3. The molecule has 2 aromatic rings. The van der Waals surface area contributed by atoms with Crippen LogP contribution in [0.1, 0.15) is 66.4 Å². The molecule has 0 radical (unpaired) electrons. The van der Waals surface area contributed by atoms with Crippen LogP contribution < -0.4 is 15.4 Å². The second-order valence-corrected chi connectivity index (χ2v) is 10.5. The molecule has 0 bridgehead atoms. The van der Waals surface area contributed by atoms with Crippen molar-refractivity contribution in [3.05, 3.63) is 60.2 Å². The minimum atomic E-state index is -0.620. The number of ether oxygens (including phenoxy) is 3. The van der Waals surface area contributed by atoms with Crippen molar-refractivity contribution in [1.82, 2.24) is 0 Å². The number of unbranched alkanes of at least 4 members (excludes halogenated alkanes) is 1. The quantitative estimate of drug-likeness (QED) is 0.213. The Kier molecular flexibility index (Phi) is 10.7. The topological polar surface area (TPSA) is 103 Å². The van der Waals surface area contributed by atoms with E-state index in [-0.39, 0.29) is 11.9 Å². The summed E-state index contributed by atoms with van der Waals surface area (Å²) in [5.74, 6) is 0.167. The van der Waals surface area contributed by atoms with Crippen LogP contribution in [0.2, 0.25) is 0 Å². The summed E-state index contributed by atoms with van der Waals surface area (Å²) >= 11 is 0. The van der Waals surface area contributed by atoms with Crippen LogP contribution in [0.3, 0.4) is 0 Å². The molecular formula is C29H38N2O6. The highest BCUT2D eigenvalue weighted by Crippen LogP contribution is 2.22. The zero-order chi connectivity index (χ0) is 27.5. The van der Waals surface area contributed by atoms with Crippen LogP contribution >= 0.6 is 0 Å². The summed E-state index contributed by atoms with van der Waals surface area (Å²) in [4.78, 5) is 36.2. The molecule has 2 amide bonds. The normalized spacial score (nSPS) is 11.6. The van der Waals surface area contributed by atoms with Gasteiger partial charge in [0.25, 0.3) is 0 Å². The van der Waals surface area contributed by atoms with Crippen LogP contribution in [0, 0.1) is 0 Å². The van der Waals surface area contributed by atoms with Gasteiger partial charge >= 0.3 is 12.1 Å². The first kappa shape index (κ1) is 29.4. The Hall–Kier alpha value is -3.81. The average molecular weight is 511 g/mol. The summed E-state index contributed by atoms with van der Waals surface area (Å²) in [5.41, 5.74) is 0.693. The number of rotatable bonds is 10. The summed E-state index contributed by atoms with van der Waals surface area (Å²) in [5, 5.41) is 5.51. The fraction of sp³-hybridized carbons (Fsp3) is 0.414. The zero-order valence-corrected chi connectivity index (χ0v) is 22.6. The van der Waals surface area contributed by atoms with Crippen molar-refractivity contribution in [3.63, 3.8) is 0 Å². The second-order valence-electron chi connectivity index (χ2n) is 10.5. The zero-order valence-electron chi connectivity index (χ0n) is 22.6.